The van der Waals surface area contributed by atoms with E-state index in [9.17, 15) is 23.1 Å². The Hall–Kier alpha value is -1.08. The summed E-state index contributed by atoms with van der Waals surface area (Å²) in [5.41, 5.74) is -2.10. The van der Waals surface area contributed by atoms with Crippen molar-refractivity contribution in [2.24, 2.45) is 0 Å². The van der Waals surface area contributed by atoms with Crippen molar-refractivity contribution >= 4 is 21.8 Å². The van der Waals surface area contributed by atoms with Gasteiger partial charge in [-0.3, -0.25) is 4.79 Å². The number of carbonyl (C=O) groups is 1. The summed E-state index contributed by atoms with van der Waals surface area (Å²) < 4.78 is 38.0. The van der Waals surface area contributed by atoms with Crippen LogP contribution in [-0.2, 0) is 6.18 Å². The molecule has 1 atom stereocenters. The number of nitrogens with one attached hydrogen (secondary N) is 1. The topological polar surface area (TPSA) is 49.3 Å². The molecule has 0 aliphatic rings. The quantitative estimate of drug-likeness (QED) is 0.871. The van der Waals surface area contributed by atoms with E-state index in [2.05, 4.69) is 21.2 Å². The third kappa shape index (κ3) is 4.49. The number of alkyl halides is 3. The molecule has 1 aromatic rings. The summed E-state index contributed by atoms with van der Waals surface area (Å²) >= 11 is 2.81. The molecule has 20 heavy (non-hydrogen) atoms. The molecular weight excluding hydrogens is 339 g/mol. The third-order valence-electron chi connectivity index (χ3n) is 2.93. The van der Waals surface area contributed by atoms with E-state index in [0.717, 1.165) is 6.07 Å². The summed E-state index contributed by atoms with van der Waals surface area (Å²) in [6.07, 6.45) is -4.12. The van der Waals surface area contributed by atoms with Crippen LogP contribution in [0.1, 0.15) is 36.2 Å². The third-order valence-corrected chi connectivity index (χ3v) is 3.62. The lowest BCUT2D eigenvalue weighted by Gasteiger charge is -2.21. The van der Waals surface area contributed by atoms with Crippen LogP contribution in [-0.4, -0.2) is 23.2 Å². The first-order chi connectivity index (χ1) is 9.07. The molecule has 1 rings (SSSR count). The average molecular weight is 354 g/mol. The van der Waals surface area contributed by atoms with E-state index < -0.39 is 23.2 Å². The zero-order chi connectivity index (χ0) is 15.6. The van der Waals surface area contributed by atoms with Crippen LogP contribution in [0.25, 0.3) is 0 Å². The predicted octanol–water partition coefficient (Wildman–Crippen LogP) is 3.36. The summed E-state index contributed by atoms with van der Waals surface area (Å²) in [4.78, 5) is 11.8. The van der Waals surface area contributed by atoms with E-state index >= 15 is 0 Å². The number of rotatable bonds is 4. The Balaban J connectivity index is 2.90. The molecule has 7 heteroatoms. The summed E-state index contributed by atoms with van der Waals surface area (Å²) in [6, 6.07) is 3.24. The molecular formula is C13H15BrF3NO2. The van der Waals surface area contributed by atoms with E-state index in [4.69, 9.17) is 0 Å². The minimum absolute atomic E-state index is 0.0280. The molecule has 0 saturated carbocycles. The fraction of sp³-hybridized carbons (Fsp3) is 0.462. The first-order valence-corrected chi connectivity index (χ1v) is 6.73. The molecule has 0 spiro atoms. The number of hydrogen-bond donors (Lipinski definition) is 2. The van der Waals surface area contributed by atoms with Gasteiger partial charge in [0.2, 0.25) is 0 Å². The van der Waals surface area contributed by atoms with Crippen LogP contribution in [0, 0.1) is 0 Å². The molecule has 0 aliphatic heterocycles. The second-order valence-corrected chi connectivity index (χ2v) is 5.58. The van der Waals surface area contributed by atoms with Gasteiger partial charge in [0, 0.05) is 16.6 Å². The zero-order valence-electron chi connectivity index (χ0n) is 11.0. The van der Waals surface area contributed by atoms with Crippen molar-refractivity contribution in [1.82, 2.24) is 5.32 Å². The Bertz CT molecular complexity index is 501. The lowest BCUT2D eigenvalue weighted by atomic mass is 10.0. The molecule has 0 radical (unpaired) electrons. The van der Waals surface area contributed by atoms with Crippen molar-refractivity contribution in [3.8, 4) is 0 Å². The van der Waals surface area contributed by atoms with Crippen LogP contribution in [0.5, 0.6) is 0 Å². The second-order valence-electron chi connectivity index (χ2n) is 4.73. The molecule has 1 amide bonds. The van der Waals surface area contributed by atoms with Crippen molar-refractivity contribution in [2.45, 2.75) is 32.0 Å². The second kappa shape index (κ2) is 6.13. The van der Waals surface area contributed by atoms with E-state index in [1.54, 1.807) is 6.92 Å². The van der Waals surface area contributed by atoms with Gasteiger partial charge in [-0.05, 0) is 31.5 Å². The summed E-state index contributed by atoms with van der Waals surface area (Å²) in [5, 5.41) is 12.2. The molecule has 3 nitrogen and oxygen atoms in total. The highest BCUT2D eigenvalue weighted by Gasteiger charge is 2.33. The summed E-state index contributed by atoms with van der Waals surface area (Å²) in [6.45, 7) is 3.25. The lowest BCUT2D eigenvalue weighted by molar-refractivity contribution is -0.138. The first-order valence-electron chi connectivity index (χ1n) is 5.94. The largest absolute Gasteiger partial charge is 0.417 e. The maximum Gasteiger partial charge on any atom is 0.417 e. The standard InChI is InChI=1S/C13H15BrF3NO2/c1-3-12(2,20)7-18-11(19)8-4-5-10(14)9(6-8)13(15,16)17/h4-6,20H,3,7H2,1-2H3,(H,18,19). The van der Waals surface area contributed by atoms with Crippen LogP contribution >= 0.6 is 15.9 Å². The minimum Gasteiger partial charge on any atom is -0.388 e. The molecule has 0 aromatic heterocycles. The average Bonchev–Trinajstić information content (AvgIpc) is 2.35. The van der Waals surface area contributed by atoms with E-state index in [-0.39, 0.29) is 16.6 Å². The van der Waals surface area contributed by atoms with Gasteiger partial charge in [0.1, 0.15) is 0 Å². The molecule has 0 aliphatic carbocycles. The van der Waals surface area contributed by atoms with Crippen LogP contribution < -0.4 is 5.32 Å². The number of amides is 1. The van der Waals surface area contributed by atoms with Crippen LogP contribution in [0.15, 0.2) is 22.7 Å². The van der Waals surface area contributed by atoms with E-state index in [1.165, 1.54) is 19.1 Å². The number of halogens is 4. The number of aliphatic hydroxyl groups is 1. The van der Waals surface area contributed by atoms with E-state index in [0.29, 0.717) is 6.42 Å². The van der Waals surface area contributed by atoms with Crippen molar-refractivity contribution in [3.63, 3.8) is 0 Å². The Morgan fingerprint density at radius 2 is 2.00 bits per heavy atom. The van der Waals surface area contributed by atoms with Crippen LogP contribution in [0.4, 0.5) is 13.2 Å². The molecule has 112 valence electrons. The molecule has 1 unspecified atom stereocenters. The van der Waals surface area contributed by atoms with Crippen LogP contribution in [0.2, 0.25) is 0 Å². The highest BCUT2D eigenvalue weighted by Crippen LogP contribution is 2.35. The van der Waals surface area contributed by atoms with Crippen molar-refractivity contribution < 1.29 is 23.1 Å². The molecule has 0 saturated heterocycles. The van der Waals surface area contributed by atoms with Gasteiger partial charge in [-0.15, -0.1) is 0 Å². The Kier molecular flexibility index (Phi) is 5.21. The smallest absolute Gasteiger partial charge is 0.388 e. The lowest BCUT2D eigenvalue weighted by Crippen LogP contribution is -2.40. The monoisotopic (exact) mass is 353 g/mol. The Morgan fingerprint density at radius 3 is 2.50 bits per heavy atom. The van der Waals surface area contributed by atoms with Gasteiger partial charge in [-0.1, -0.05) is 22.9 Å². The Morgan fingerprint density at radius 1 is 1.40 bits per heavy atom. The number of hydrogen-bond acceptors (Lipinski definition) is 2. The molecule has 0 bridgehead atoms. The highest BCUT2D eigenvalue weighted by atomic mass is 79.9. The molecule has 0 fully saturated rings. The van der Waals surface area contributed by atoms with Gasteiger partial charge >= 0.3 is 6.18 Å². The Labute approximate surface area is 123 Å². The molecule has 2 N–H and O–H groups in total. The van der Waals surface area contributed by atoms with E-state index in [1.807, 2.05) is 0 Å². The van der Waals surface area contributed by atoms with Gasteiger partial charge in [-0.2, -0.15) is 13.2 Å². The van der Waals surface area contributed by atoms with Gasteiger partial charge in [0.25, 0.3) is 5.91 Å². The van der Waals surface area contributed by atoms with Gasteiger partial charge in [-0.25, -0.2) is 0 Å². The number of carbonyl (C=O) groups excluding carboxylic acids is 1. The normalized spacial score (nSPS) is 14.8. The van der Waals surface area contributed by atoms with Gasteiger partial charge < -0.3 is 10.4 Å². The number of benzene rings is 1. The van der Waals surface area contributed by atoms with Crippen molar-refractivity contribution in [2.75, 3.05) is 6.54 Å². The maximum atomic E-state index is 12.7. The first kappa shape index (κ1) is 17.0. The summed E-state index contributed by atoms with van der Waals surface area (Å²) in [7, 11) is 0. The SMILES string of the molecule is CCC(C)(O)CNC(=O)c1ccc(Br)c(C(F)(F)F)c1. The fourth-order valence-corrected chi connectivity index (χ4v) is 1.85. The molecule has 0 heterocycles. The van der Waals surface area contributed by atoms with Crippen molar-refractivity contribution in [3.05, 3.63) is 33.8 Å². The minimum atomic E-state index is -4.54. The fourth-order valence-electron chi connectivity index (χ4n) is 1.38. The van der Waals surface area contributed by atoms with Crippen molar-refractivity contribution in [1.29, 1.82) is 0 Å². The molecule has 1 aromatic carbocycles. The summed E-state index contributed by atoms with van der Waals surface area (Å²) in [5.74, 6) is -0.656. The highest BCUT2D eigenvalue weighted by molar-refractivity contribution is 9.10. The van der Waals surface area contributed by atoms with Crippen LogP contribution in [0.3, 0.4) is 0 Å². The van der Waals surface area contributed by atoms with Gasteiger partial charge in [0.05, 0.1) is 11.2 Å². The van der Waals surface area contributed by atoms with Gasteiger partial charge in [0.15, 0.2) is 0 Å². The maximum absolute atomic E-state index is 12.7. The predicted molar refractivity (Wildman–Crippen MR) is 72.4 cm³/mol. The zero-order valence-corrected chi connectivity index (χ0v) is 12.6.